The zero-order valence-electron chi connectivity index (χ0n) is 13.9. The number of rotatable bonds is 2. The average molecular weight is 347 g/mol. The van der Waals surface area contributed by atoms with E-state index in [1.165, 1.54) is 5.56 Å². The van der Waals surface area contributed by atoms with Crippen molar-refractivity contribution >= 4 is 26.7 Å². The Hall–Kier alpha value is -1.82. The van der Waals surface area contributed by atoms with Gasteiger partial charge in [-0.15, -0.1) is 0 Å². The van der Waals surface area contributed by atoms with E-state index in [-0.39, 0.29) is 29.2 Å². The molecule has 0 saturated carbocycles. The topological polar surface area (TPSA) is 67.6 Å². The van der Waals surface area contributed by atoms with Crippen molar-refractivity contribution in [3.8, 4) is 0 Å². The van der Waals surface area contributed by atoms with Gasteiger partial charge in [-0.1, -0.05) is 0 Å². The molecule has 2 aliphatic heterocycles. The van der Waals surface area contributed by atoms with Gasteiger partial charge in [-0.3, -0.25) is 4.79 Å². The van der Waals surface area contributed by atoms with E-state index in [9.17, 15) is 13.2 Å². The number of benzene rings is 1. The first-order valence-electron chi connectivity index (χ1n) is 8.32. The van der Waals surface area contributed by atoms with Gasteiger partial charge in [-0.25, -0.2) is 8.42 Å². The van der Waals surface area contributed by atoms with Crippen molar-refractivity contribution in [1.29, 1.82) is 0 Å². The number of hydrogen-bond donors (Lipinski definition) is 0. The molecule has 3 heterocycles. The summed E-state index contributed by atoms with van der Waals surface area (Å²) in [6.45, 7) is 4.99. The fourth-order valence-corrected chi connectivity index (χ4v) is 6.09. The summed E-state index contributed by atoms with van der Waals surface area (Å²) >= 11 is 0. The average Bonchev–Trinajstić information content (AvgIpc) is 3.18. The van der Waals surface area contributed by atoms with Gasteiger partial charge < -0.3 is 9.32 Å². The lowest BCUT2D eigenvalue weighted by Crippen LogP contribution is -2.33. The highest BCUT2D eigenvalue weighted by Crippen LogP contribution is 2.34. The molecular formula is C18H21NO4S. The molecule has 0 bridgehead atoms. The molecule has 0 aliphatic carbocycles. The number of aryl methyl sites for hydroxylation is 2. The van der Waals surface area contributed by atoms with Gasteiger partial charge in [0.05, 0.1) is 23.7 Å². The van der Waals surface area contributed by atoms with Gasteiger partial charge in [0.1, 0.15) is 5.58 Å². The second-order valence-corrected chi connectivity index (χ2v) is 9.46. The molecule has 1 amide bonds. The molecule has 2 saturated heterocycles. The molecule has 5 nitrogen and oxygen atoms in total. The van der Waals surface area contributed by atoms with Crippen LogP contribution in [0.2, 0.25) is 0 Å². The minimum atomic E-state index is -3.01. The van der Waals surface area contributed by atoms with Crippen LogP contribution in [-0.2, 0) is 21.1 Å². The van der Waals surface area contributed by atoms with Crippen molar-refractivity contribution in [2.75, 3.05) is 18.8 Å². The van der Waals surface area contributed by atoms with Crippen LogP contribution in [0.25, 0.3) is 11.0 Å². The van der Waals surface area contributed by atoms with Crippen LogP contribution in [0.3, 0.4) is 0 Å². The number of sulfone groups is 1. The van der Waals surface area contributed by atoms with E-state index in [1.807, 2.05) is 19.9 Å². The summed E-state index contributed by atoms with van der Waals surface area (Å²) in [5.41, 5.74) is 3.99. The third-order valence-electron chi connectivity index (χ3n) is 5.58. The fraction of sp³-hybridized carbons (Fsp3) is 0.500. The molecular weight excluding hydrogens is 326 g/mol. The number of carbonyl (C=O) groups excluding carboxylic acids is 1. The molecule has 0 N–H and O–H groups in total. The first-order chi connectivity index (χ1) is 11.3. The van der Waals surface area contributed by atoms with Crippen LogP contribution in [-0.4, -0.2) is 43.3 Å². The maximum atomic E-state index is 12.6. The van der Waals surface area contributed by atoms with Gasteiger partial charge >= 0.3 is 0 Å². The Kier molecular flexibility index (Phi) is 3.49. The lowest BCUT2D eigenvalue weighted by atomic mass is 10.0. The van der Waals surface area contributed by atoms with Crippen molar-refractivity contribution in [2.24, 2.45) is 5.92 Å². The predicted octanol–water partition coefficient (Wildman–Crippen LogP) is 2.24. The Morgan fingerprint density at radius 3 is 2.75 bits per heavy atom. The maximum absolute atomic E-state index is 12.6. The largest absolute Gasteiger partial charge is 0.464 e. The summed E-state index contributed by atoms with van der Waals surface area (Å²) in [7, 11) is -3.01. The SMILES string of the molecule is Cc1cc2occ(CC(=O)N3C[C@@H]4CCS(=O)(=O)[C@@H]4C3)c2cc1C. The molecule has 0 spiro atoms. The van der Waals surface area contributed by atoms with Crippen LogP contribution in [0.5, 0.6) is 0 Å². The smallest absolute Gasteiger partial charge is 0.227 e. The summed E-state index contributed by atoms with van der Waals surface area (Å²) < 4.78 is 29.6. The molecule has 2 aromatic rings. The Morgan fingerprint density at radius 2 is 2.00 bits per heavy atom. The second-order valence-electron chi connectivity index (χ2n) is 7.12. The lowest BCUT2D eigenvalue weighted by Gasteiger charge is -2.17. The highest BCUT2D eigenvalue weighted by atomic mass is 32.2. The van der Waals surface area contributed by atoms with Gasteiger partial charge in [-0.05, 0) is 49.4 Å². The quantitative estimate of drug-likeness (QED) is 0.835. The summed E-state index contributed by atoms with van der Waals surface area (Å²) in [6, 6.07) is 4.05. The Labute approximate surface area is 141 Å². The molecule has 6 heteroatoms. The molecule has 2 aliphatic rings. The van der Waals surface area contributed by atoms with Crippen LogP contribution in [0.1, 0.15) is 23.1 Å². The molecule has 0 radical (unpaired) electrons. The van der Waals surface area contributed by atoms with Crippen LogP contribution < -0.4 is 0 Å². The standard InChI is InChI=1S/C18H21NO4S/c1-11-5-15-14(10-23-16(15)6-12(11)2)7-18(20)19-8-13-3-4-24(21,22)17(13)9-19/h5-6,10,13,17H,3-4,7-9H2,1-2H3/t13-,17+/m0/s1. The summed E-state index contributed by atoms with van der Waals surface area (Å²) in [6.07, 6.45) is 2.59. The van der Waals surface area contributed by atoms with E-state index in [0.29, 0.717) is 19.5 Å². The fourth-order valence-electron chi connectivity index (χ4n) is 3.94. The number of carbonyl (C=O) groups is 1. The number of amides is 1. The van der Waals surface area contributed by atoms with Gasteiger partial charge in [0.25, 0.3) is 0 Å². The predicted molar refractivity (Wildman–Crippen MR) is 91.7 cm³/mol. The summed E-state index contributed by atoms with van der Waals surface area (Å²) in [4.78, 5) is 14.4. The number of furan rings is 1. The number of fused-ring (bicyclic) bond motifs is 2. The van der Waals surface area contributed by atoms with Crippen LogP contribution >= 0.6 is 0 Å². The van der Waals surface area contributed by atoms with Gasteiger partial charge in [0.15, 0.2) is 9.84 Å². The normalized spacial score (nSPS) is 25.3. The van der Waals surface area contributed by atoms with E-state index >= 15 is 0 Å². The minimum Gasteiger partial charge on any atom is -0.464 e. The third-order valence-corrected chi connectivity index (χ3v) is 7.84. The number of nitrogens with zero attached hydrogens (tertiary/aromatic N) is 1. The third kappa shape index (κ3) is 2.44. The van der Waals surface area contributed by atoms with E-state index in [1.54, 1.807) is 11.2 Å². The lowest BCUT2D eigenvalue weighted by molar-refractivity contribution is -0.129. The number of hydrogen-bond acceptors (Lipinski definition) is 4. The van der Waals surface area contributed by atoms with Gasteiger partial charge in [0.2, 0.25) is 5.91 Å². The summed E-state index contributed by atoms with van der Waals surface area (Å²) in [5.74, 6) is 0.375. The highest BCUT2D eigenvalue weighted by Gasteiger charge is 2.47. The zero-order chi connectivity index (χ0) is 17.1. The van der Waals surface area contributed by atoms with Crippen molar-refractivity contribution in [2.45, 2.75) is 31.9 Å². The molecule has 128 valence electrons. The second kappa shape index (κ2) is 5.34. The van der Waals surface area contributed by atoms with E-state index < -0.39 is 9.84 Å². The molecule has 1 aromatic heterocycles. The van der Waals surface area contributed by atoms with Crippen molar-refractivity contribution < 1.29 is 17.6 Å². The maximum Gasteiger partial charge on any atom is 0.227 e. The van der Waals surface area contributed by atoms with Crippen molar-refractivity contribution in [3.63, 3.8) is 0 Å². The Morgan fingerprint density at radius 1 is 1.25 bits per heavy atom. The summed E-state index contributed by atoms with van der Waals surface area (Å²) in [5, 5.41) is 0.617. The van der Waals surface area contributed by atoms with Gasteiger partial charge in [0, 0.05) is 24.0 Å². The van der Waals surface area contributed by atoms with Gasteiger partial charge in [-0.2, -0.15) is 0 Å². The Bertz CT molecular complexity index is 928. The van der Waals surface area contributed by atoms with Crippen molar-refractivity contribution in [1.82, 2.24) is 4.90 Å². The molecule has 2 atom stereocenters. The minimum absolute atomic E-state index is 0.0134. The molecule has 2 fully saturated rings. The molecule has 24 heavy (non-hydrogen) atoms. The van der Waals surface area contributed by atoms with E-state index in [2.05, 4.69) is 6.07 Å². The Balaban J connectivity index is 1.54. The highest BCUT2D eigenvalue weighted by molar-refractivity contribution is 7.92. The first-order valence-corrected chi connectivity index (χ1v) is 10.0. The number of likely N-dealkylation sites (tertiary alicyclic amines) is 1. The monoisotopic (exact) mass is 347 g/mol. The molecule has 1 aromatic carbocycles. The first kappa shape index (κ1) is 15.7. The van der Waals surface area contributed by atoms with Crippen molar-refractivity contribution in [3.05, 3.63) is 35.1 Å². The van der Waals surface area contributed by atoms with Crippen LogP contribution in [0.15, 0.2) is 22.8 Å². The van der Waals surface area contributed by atoms with Crippen LogP contribution in [0.4, 0.5) is 0 Å². The van der Waals surface area contributed by atoms with E-state index in [4.69, 9.17) is 4.42 Å². The molecule has 0 unspecified atom stereocenters. The van der Waals surface area contributed by atoms with Crippen LogP contribution in [0, 0.1) is 19.8 Å². The van der Waals surface area contributed by atoms with E-state index in [0.717, 1.165) is 22.1 Å². The molecule has 4 rings (SSSR count). The zero-order valence-corrected chi connectivity index (χ0v) is 14.7.